The Morgan fingerprint density at radius 1 is 1.32 bits per heavy atom. The number of thiazole rings is 1. The lowest BCUT2D eigenvalue weighted by molar-refractivity contribution is 0.0945. The second-order valence-corrected chi connectivity index (χ2v) is 6.74. The lowest BCUT2D eigenvalue weighted by Crippen LogP contribution is -2.24. The van der Waals surface area contributed by atoms with Crippen LogP contribution in [0.2, 0.25) is 0 Å². The van der Waals surface area contributed by atoms with Crippen LogP contribution < -0.4 is 10.9 Å². The normalized spacial score (nSPS) is 10.6. The van der Waals surface area contributed by atoms with Crippen molar-refractivity contribution in [1.29, 1.82) is 0 Å². The number of amides is 1. The average Bonchev–Trinajstić information content (AvgIpc) is 3.14. The number of rotatable bonds is 4. The molecule has 6 nitrogen and oxygen atoms in total. The molecule has 112 valence electrons. The number of hydrogen-bond donors (Lipinski definition) is 2. The van der Waals surface area contributed by atoms with E-state index >= 15 is 0 Å². The van der Waals surface area contributed by atoms with Crippen LogP contribution in [-0.2, 0) is 6.54 Å². The quantitative estimate of drug-likeness (QED) is 0.766. The maximum atomic E-state index is 11.9. The molecule has 8 heteroatoms. The highest BCUT2D eigenvalue weighted by molar-refractivity contribution is 7.16. The van der Waals surface area contributed by atoms with Crippen LogP contribution in [0.1, 0.15) is 20.4 Å². The van der Waals surface area contributed by atoms with Gasteiger partial charge in [0.05, 0.1) is 22.1 Å². The van der Waals surface area contributed by atoms with E-state index in [4.69, 9.17) is 0 Å². The molecule has 3 heterocycles. The molecule has 0 spiro atoms. The number of aromatic nitrogens is 3. The SMILES string of the molecule is Cc1nc(-c2ccc(CNC(=O)c3ccc(=O)[nH]n3)s2)cs1. The van der Waals surface area contributed by atoms with E-state index in [-0.39, 0.29) is 17.2 Å². The molecular formula is C14H12N4O2S2. The molecule has 22 heavy (non-hydrogen) atoms. The molecule has 0 aliphatic carbocycles. The zero-order valence-electron chi connectivity index (χ0n) is 11.6. The number of H-pyrrole nitrogens is 1. The lowest BCUT2D eigenvalue weighted by atomic mass is 10.3. The first kappa shape index (κ1) is 14.6. The van der Waals surface area contributed by atoms with Gasteiger partial charge in [-0.2, -0.15) is 5.10 Å². The molecule has 1 amide bonds. The third-order valence-electron chi connectivity index (χ3n) is 2.87. The van der Waals surface area contributed by atoms with Crippen molar-refractivity contribution in [2.24, 2.45) is 0 Å². The molecule has 0 aliphatic heterocycles. The molecule has 3 aromatic rings. The summed E-state index contributed by atoms with van der Waals surface area (Å²) in [6.45, 7) is 2.38. The molecule has 0 saturated heterocycles. The Balaban J connectivity index is 1.64. The van der Waals surface area contributed by atoms with Crippen LogP contribution in [0.4, 0.5) is 0 Å². The zero-order valence-corrected chi connectivity index (χ0v) is 13.3. The van der Waals surface area contributed by atoms with Crippen LogP contribution in [0.15, 0.2) is 34.4 Å². The predicted octanol–water partition coefficient (Wildman–Crippen LogP) is 2.19. The number of aryl methyl sites for hydroxylation is 1. The molecule has 0 unspecified atom stereocenters. The summed E-state index contributed by atoms with van der Waals surface area (Å²) in [4.78, 5) is 29.4. The van der Waals surface area contributed by atoms with Crippen LogP contribution in [-0.4, -0.2) is 21.1 Å². The van der Waals surface area contributed by atoms with Crippen LogP contribution >= 0.6 is 22.7 Å². The number of thiophene rings is 1. The minimum absolute atomic E-state index is 0.187. The molecule has 0 aromatic carbocycles. The topological polar surface area (TPSA) is 87.7 Å². The Labute approximate surface area is 133 Å². The molecule has 2 N–H and O–H groups in total. The summed E-state index contributed by atoms with van der Waals surface area (Å²) in [7, 11) is 0. The number of hydrogen-bond acceptors (Lipinski definition) is 6. The largest absolute Gasteiger partial charge is 0.346 e. The Morgan fingerprint density at radius 3 is 2.86 bits per heavy atom. The minimum Gasteiger partial charge on any atom is -0.346 e. The van der Waals surface area contributed by atoms with Crippen LogP contribution in [0.3, 0.4) is 0 Å². The number of nitrogens with one attached hydrogen (secondary N) is 2. The Kier molecular flexibility index (Phi) is 4.12. The fourth-order valence-corrected chi connectivity index (χ4v) is 3.41. The summed E-state index contributed by atoms with van der Waals surface area (Å²) in [6, 6.07) is 6.63. The minimum atomic E-state index is -0.335. The summed E-state index contributed by atoms with van der Waals surface area (Å²) in [5, 5.41) is 11.8. The van der Waals surface area contributed by atoms with Gasteiger partial charge in [-0.1, -0.05) is 0 Å². The summed E-state index contributed by atoms with van der Waals surface area (Å²) >= 11 is 3.20. The fourth-order valence-electron chi connectivity index (χ4n) is 1.82. The van der Waals surface area contributed by atoms with Gasteiger partial charge in [-0.05, 0) is 25.1 Å². The zero-order chi connectivity index (χ0) is 15.5. The van der Waals surface area contributed by atoms with Crippen molar-refractivity contribution in [3.63, 3.8) is 0 Å². The number of carbonyl (C=O) groups excluding carboxylic acids is 1. The van der Waals surface area contributed by atoms with E-state index in [2.05, 4.69) is 20.5 Å². The van der Waals surface area contributed by atoms with E-state index in [9.17, 15) is 9.59 Å². The monoisotopic (exact) mass is 332 g/mol. The van der Waals surface area contributed by atoms with Gasteiger partial charge in [0.1, 0.15) is 5.69 Å². The third-order valence-corrected chi connectivity index (χ3v) is 4.75. The highest BCUT2D eigenvalue weighted by Crippen LogP contribution is 2.28. The maximum absolute atomic E-state index is 11.9. The molecule has 0 saturated carbocycles. The maximum Gasteiger partial charge on any atom is 0.272 e. The van der Waals surface area contributed by atoms with Gasteiger partial charge in [0.15, 0.2) is 0 Å². The molecule has 0 atom stereocenters. The summed E-state index contributed by atoms with van der Waals surface area (Å²) < 4.78 is 0. The van der Waals surface area contributed by atoms with E-state index in [0.29, 0.717) is 6.54 Å². The highest BCUT2D eigenvalue weighted by Gasteiger charge is 2.09. The first-order chi connectivity index (χ1) is 10.6. The lowest BCUT2D eigenvalue weighted by Gasteiger charge is -2.01. The predicted molar refractivity (Wildman–Crippen MR) is 86.2 cm³/mol. The second kappa shape index (κ2) is 6.20. The van der Waals surface area contributed by atoms with E-state index in [0.717, 1.165) is 20.5 Å². The molecule has 3 aromatic heterocycles. The van der Waals surface area contributed by atoms with Crippen molar-refractivity contribution in [3.05, 3.63) is 55.6 Å². The van der Waals surface area contributed by atoms with Gasteiger partial charge in [-0.3, -0.25) is 9.59 Å². The molecule has 0 radical (unpaired) electrons. The van der Waals surface area contributed by atoms with E-state index < -0.39 is 0 Å². The Bertz CT molecular complexity index is 845. The molecular weight excluding hydrogens is 320 g/mol. The number of carbonyl (C=O) groups is 1. The van der Waals surface area contributed by atoms with Gasteiger partial charge < -0.3 is 5.32 Å². The Hall–Kier alpha value is -2.32. The van der Waals surface area contributed by atoms with E-state index in [1.54, 1.807) is 22.7 Å². The number of nitrogens with zero attached hydrogens (tertiary/aromatic N) is 2. The third kappa shape index (κ3) is 3.29. The fraction of sp³-hybridized carbons (Fsp3) is 0.143. The van der Waals surface area contributed by atoms with Gasteiger partial charge in [0.2, 0.25) is 0 Å². The van der Waals surface area contributed by atoms with Crippen molar-refractivity contribution < 1.29 is 4.79 Å². The van der Waals surface area contributed by atoms with Gasteiger partial charge in [0, 0.05) is 16.3 Å². The first-order valence-corrected chi connectivity index (χ1v) is 8.16. The highest BCUT2D eigenvalue weighted by atomic mass is 32.1. The van der Waals surface area contributed by atoms with Crippen molar-refractivity contribution in [2.75, 3.05) is 0 Å². The van der Waals surface area contributed by atoms with Crippen LogP contribution in [0, 0.1) is 6.92 Å². The van der Waals surface area contributed by atoms with Crippen LogP contribution in [0.25, 0.3) is 10.6 Å². The summed E-state index contributed by atoms with van der Waals surface area (Å²) in [6.07, 6.45) is 0. The van der Waals surface area contributed by atoms with Crippen molar-refractivity contribution >= 4 is 28.6 Å². The first-order valence-electron chi connectivity index (χ1n) is 6.47. The van der Waals surface area contributed by atoms with Gasteiger partial charge >= 0.3 is 0 Å². The molecule has 0 fully saturated rings. The molecule has 0 bridgehead atoms. The molecule has 3 rings (SSSR count). The molecule has 0 aliphatic rings. The van der Waals surface area contributed by atoms with E-state index in [1.165, 1.54) is 12.1 Å². The Morgan fingerprint density at radius 2 is 2.18 bits per heavy atom. The smallest absolute Gasteiger partial charge is 0.272 e. The van der Waals surface area contributed by atoms with Gasteiger partial charge in [-0.15, -0.1) is 22.7 Å². The standard InChI is InChI=1S/C14H12N4O2S2/c1-8-16-11(7-21-8)12-4-2-9(22-12)6-15-14(20)10-3-5-13(19)18-17-10/h2-5,7H,6H2,1H3,(H,15,20)(H,18,19). The summed E-state index contributed by atoms with van der Waals surface area (Å²) in [5.41, 5.74) is 0.817. The summed E-state index contributed by atoms with van der Waals surface area (Å²) in [5.74, 6) is -0.323. The van der Waals surface area contributed by atoms with E-state index in [1.807, 2.05) is 24.4 Å². The van der Waals surface area contributed by atoms with Crippen molar-refractivity contribution in [3.8, 4) is 10.6 Å². The van der Waals surface area contributed by atoms with Crippen molar-refractivity contribution in [1.82, 2.24) is 20.5 Å². The second-order valence-electron chi connectivity index (χ2n) is 4.51. The number of aromatic amines is 1. The van der Waals surface area contributed by atoms with Gasteiger partial charge in [0.25, 0.3) is 11.5 Å². The van der Waals surface area contributed by atoms with Gasteiger partial charge in [-0.25, -0.2) is 10.1 Å². The van der Waals surface area contributed by atoms with Crippen LogP contribution in [0.5, 0.6) is 0 Å². The average molecular weight is 332 g/mol. The van der Waals surface area contributed by atoms with Crippen molar-refractivity contribution in [2.45, 2.75) is 13.5 Å².